The number of primary amides is 1. The second-order valence-corrected chi connectivity index (χ2v) is 18.9. The first-order valence-corrected chi connectivity index (χ1v) is 21.6. The molecule has 0 aromatic heterocycles. The Morgan fingerprint density at radius 2 is 0.868 bits per heavy atom. The fourth-order valence-electron chi connectivity index (χ4n) is 4.39. The molecule has 0 spiro atoms. The lowest BCUT2D eigenvalue weighted by atomic mass is 9.97. The average Bonchev–Trinajstić information content (AvgIpc) is 3.18. The van der Waals surface area contributed by atoms with Crippen molar-refractivity contribution in [2.75, 3.05) is 26.7 Å². The van der Waals surface area contributed by atoms with Gasteiger partial charge in [-0.1, -0.05) is 0 Å². The van der Waals surface area contributed by atoms with Gasteiger partial charge in [0.05, 0.1) is 7.11 Å². The van der Waals surface area contributed by atoms with E-state index in [1.165, 1.54) is 0 Å². The topological polar surface area (TPSA) is 421 Å². The number of aliphatic hydroxyl groups excluding tert-OH is 8. The van der Waals surface area contributed by atoms with E-state index in [-0.39, 0.29) is 50.3 Å². The van der Waals surface area contributed by atoms with Gasteiger partial charge in [-0.05, 0) is 116 Å². The molecule has 0 unspecified atom stereocenters. The molecule has 0 heterocycles. The highest BCUT2D eigenvalue weighted by molar-refractivity contribution is 5.85. The van der Waals surface area contributed by atoms with E-state index in [1.807, 2.05) is 20.8 Å². The highest BCUT2D eigenvalue weighted by atomic mass is 16.6. The van der Waals surface area contributed by atoms with Crippen LogP contribution in [0.3, 0.4) is 0 Å². The Morgan fingerprint density at radius 3 is 1.24 bits per heavy atom. The fourth-order valence-corrected chi connectivity index (χ4v) is 4.39. The van der Waals surface area contributed by atoms with Gasteiger partial charge < -0.3 is 86.6 Å². The van der Waals surface area contributed by atoms with Gasteiger partial charge in [-0.15, -0.1) is 0 Å². The third kappa shape index (κ3) is 39.4. The summed E-state index contributed by atoms with van der Waals surface area (Å²) in [5.74, 6) is -4.47. The fraction of sp³-hybridized carbons (Fsp3) is 0.814. The molecule has 25 heteroatoms. The number of methoxy groups -OCH3 is 1. The molecule has 0 aliphatic carbocycles. The molecular weight excluding hydrogens is 908 g/mol. The van der Waals surface area contributed by atoms with Gasteiger partial charge in [-0.2, -0.15) is 0 Å². The number of nitrogens with two attached hydrogens (primary N) is 2. The Bertz CT molecular complexity index is 1480. The summed E-state index contributed by atoms with van der Waals surface area (Å²) in [6.07, 6.45) is -16.4. The van der Waals surface area contributed by atoms with Crippen LogP contribution in [0.2, 0.25) is 0 Å². The minimum atomic E-state index is -2.13. The maximum Gasteiger partial charge on any atom is 0.407 e. The summed E-state index contributed by atoms with van der Waals surface area (Å²) in [6.45, 7) is 22.7. The Morgan fingerprint density at radius 1 is 0.500 bits per heavy atom. The van der Waals surface area contributed by atoms with E-state index < -0.39 is 107 Å². The number of ketones is 2. The van der Waals surface area contributed by atoms with Crippen LogP contribution >= 0.6 is 0 Å². The molecule has 3 amide bonds. The number of hydrogen-bond acceptors (Lipinski definition) is 22. The number of aliphatic hydroxyl groups is 8. The average molecular weight is 991 g/mol. The Hall–Kier alpha value is -4.60. The molecule has 0 saturated heterocycles. The van der Waals surface area contributed by atoms with Crippen LogP contribution in [0.4, 0.5) is 9.59 Å². The molecule has 25 nitrogen and oxygen atoms in total. The number of amides is 3. The lowest BCUT2D eigenvalue weighted by molar-refractivity contribution is -0.168. The summed E-state index contributed by atoms with van der Waals surface area (Å²) in [4.78, 5) is 89.5. The second kappa shape index (κ2) is 33.8. The molecule has 0 radical (unpaired) electrons. The van der Waals surface area contributed by atoms with Gasteiger partial charge in [-0.25, -0.2) is 14.4 Å². The van der Waals surface area contributed by atoms with Gasteiger partial charge in [0.2, 0.25) is 0 Å². The molecular formula is C43H82N4O21. The molecule has 14 N–H and O–H groups in total. The van der Waals surface area contributed by atoms with E-state index in [0.717, 1.165) is 14.0 Å². The van der Waals surface area contributed by atoms with Crippen molar-refractivity contribution >= 4 is 47.6 Å². The zero-order valence-corrected chi connectivity index (χ0v) is 42.0. The molecule has 0 aliphatic rings. The van der Waals surface area contributed by atoms with E-state index in [9.17, 15) is 69.0 Å². The Balaban J connectivity index is -0.000000489. The van der Waals surface area contributed by atoms with Crippen molar-refractivity contribution in [1.82, 2.24) is 10.6 Å². The lowest BCUT2D eigenvalue weighted by Crippen LogP contribution is -2.52. The van der Waals surface area contributed by atoms with Crippen molar-refractivity contribution in [3.8, 4) is 0 Å². The van der Waals surface area contributed by atoms with Crippen molar-refractivity contribution in [1.29, 1.82) is 0 Å². The molecule has 0 aliphatic heterocycles. The quantitative estimate of drug-likeness (QED) is 0.0360. The molecule has 68 heavy (non-hydrogen) atoms. The third-order valence-electron chi connectivity index (χ3n) is 7.41. The van der Waals surface area contributed by atoms with E-state index in [0.29, 0.717) is 19.4 Å². The van der Waals surface area contributed by atoms with Gasteiger partial charge in [0.1, 0.15) is 59.0 Å². The largest absolute Gasteiger partial charge is 0.467 e. The van der Waals surface area contributed by atoms with Crippen molar-refractivity contribution < 1.29 is 103 Å². The third-order valence-corrected chi connectivity index (χ3v) is 7.41. The second-order valence-electron chi connectivity index (χ2n) is 18.9. The number of Topliss-reactive ketones (excluding diaryl/α,β-unsaturated/α-hetero) is 2. The molecule has 400 valence electrons. The van der Waals surface area contributed by atoms with Crippen LogP contribution in [0.15, 0.2) is 0 Å². The first kappa shape index (κ1) is 70.0. The summed E-state index contributed by atoms with van der Waals surface area (Å²) >= 11 is 0. The van der Waals surface area contributed by atoms with E-state index >= 15 is 0 Å². The van der Waals surface area contributed by atoms with E-state index in [2.05, 4.69) is 20.1 Å². The summed E-state index contributed by atoms with van der Waals surface area (Å²) in [5, 5.41) is 81.1. The minimum Gasteiger partial charge on any atom is -0.467 e. The van der Waals surface area contributed by atoms with Gasteiger partial charge in [0, 0.05) is 32.4 Å². The molecule has 0 aromatic rings. The zero-order chi connectivity index (χ0) is 54.6. The molecule has 0 rings (SSSR count). The van der Waals surface area contributed by atoms with Crippen molar-refractivity contribution in [2.24, 2.45) is 11.5 Å². The molecule has 0 aromatic carbocycles. The van der Waals surface area contributed by atoms with Crippen LogP contribution in [0.25, 0.3) is 0 Å². The van der Waals surface area contributed by atoms with Gasteiger partial charge in [0.25, 0.3) is 5.91 Å². The Kier molecular flexibility index (Phi) is 34.8. The van der Waals surface area contributed by atoms with E-state index in [4.69, 9.17) is 35.9 Å². The number of hydrogen-bond donors (Lipinski definition) is 12. The first-order valence-electron chi connectivity index (χ1n) is 21.6. The van der Waals surface area contributed by atoms with Crippen LogP contribution in [-0.2, 0) is 52.5 Å². The highest BCUT2D eigenvalue weighted by Crippen LogP contribution is 2.13. The maximum atomic E-state index is 12.0. The lowest BCUT2D eigenvalue weighted by Gasteiger charge is -2.25. The van der Waals surface area contributed by atoms with Crippen LogP contribution in [0.5, 0.6) is 0 Å². The van der Waals surface area contributed by atoms with Crippen LogP contribution in [-0.4, -0.2) is 186 Å². The number of rotatable bonds is 21. The number of nitrogens with one attached hydrogen (secondary N) is 2. The summed E-state index contributed by atoms with van der Waals surface area (Å²) < 4.78 is 23.9. The molecule has 0 bridgehead atoms. The number of carbonyl (C=O) groups excluding carboxylic acids is 8. The van der Waals surface area contributed by atoms with E-state index in [1.54, 1.807) is 62.3 Å². The number of carbonyl (C=O) groups is 8. The standard InChI is InChI=1S/C22H40N2O10.C8H17NO2.C8H14O7.C5H11NO2/c1-21(2,3)33-14(26)10-8-11-23-19(31)18(30)17(29)16(28)15(27)13(25)9-7-12-24-20(32)34-22(4,5)6;1-8(2,3)11-7(10)5-4-6-9;1-3(9)4(10)5(11)6(12)7(13)8(14)15-2;1-5(2,3)8-4(6)7/h15-18,27-30H,7-12H2,1-6H3,(H,23,31)(H,24,32);4-6,9H2,1-3H3;4-7,10-13H,1-2H3;1-3H3,(H2,6,7)/t15-,16+,17+,18-;;4-,5+,6+,7-;/m0.0./s1. The molecule has 0 fully saturated rings. The maximum absolute atomic E-state index is 12.0. The normalized spacial score (nSPS) is 15.0. The van der Waals surface area contributed by atoms with Crippen LogP contribution in [0.1, 0.15) is 129 Å². The van der Waals surface area contributed by atoms with Gasteiger partial charge >= 0.3 is 30.1 Å². The number of alkyl carbamates (subject to hydrolysis) is 1. The predicted molar refractivity (Wildman–Crippen MR) is 242 cm³/mol. The summed E-state index contributed by atoms with van der Waals surface area (Å²) in [5.41, 5.74) is 7.81. The van der Waals surface area contributed by atoms with Gasteiger partial charge in [-0.3, -0.25) is 24.0 Å². The SMILES string of the molecule is CC(C)(C)OC(=O)CCCN.CC(C)(C)OC(=O)CCCNC(=O)[C@@H](O)[C@H](O)[C@H](O)[C@@H](O)C(=O)CCCNC(=O)OC(C)(C)C.CC(C)(C)OC(N)=O.COC(=O)[C@@H](O)[C@H](O)[C@H](O)[C@@H](O)C(C)=O. The van der Waals surface area contributed by atoms with Crippen LogP contribution in [0, 0.1) is 0 Å². The number of esters is 3. The minimum absolute atomic E-state index is 0.00984. The molecule has 0 saturated carbocycles. The summed E-state index contributed by atoms with van der Waals surface area (Å²) in [6, 6.07) is 0. The van der Waals surface area contributed by atoms with Crippen molar-refractivity contribution in [3.63, 3.8) is 0 Å². The number of ether oxygens (including phenoxy) is 5. The van der Waals surface area contributed by atoms with Crippen LogP contribution < -0.4 is 22.1 Å². The van der Waals surface area contributed by atoms with Crippen molar-refractivity contribution in [3.05, 3.63) is 0 Å². The van der Waals surface area contributed by atoms with Gasteiger partial charge in [0.15, 0.2) is 23.8 Å². The highest BCUT2D eigenvalue weighted by Gasteiger charge is 2.38. The zero-order valence-electron chi connectivity index (χ0n) is 42.0. The molecule has 8 atom stereocenters. The predicted octanol–water partition coefficient (Wildman–Crippen LogP) is -1.32. The smallest absolute Gasteiger partial charge is 0.407 e. The monoisotopic (exact) mass is 991 g/mol. The Labute approximate surface area is 398 Å². The summed E-state index contributed by atoms with van der Waals surface area (Å²) in [7, 11) is 0.978. The van der Waals surface area contributed by atoms with Crippen molar-refractivity contribution in [2.45, 2.75) is 200 Å². The first-order chi connectivity index (χ1) is 30.6.